The van der Waals surface area contributed by atoms with E-state index in [9.17, 15) is 14.4 Å². The lowest BCUT2D eigenvalue weighted by Crippen LogP contribution is -2.59. The molecule has 0 spiro atoms. The maximum absolute atomic E-state index is 13.4. The van der Waals surface area contributed by atoms with Gasteiger partial charge in [0.2, 0.25) is 22.8 Å². The standard InChI is InChI=1S/C19H18O7/c1-5-25-16-9(2)13(20)17(24-4)19-15(22)12-10(7-6-8-11(12)23-3)14(21)18(16,19)26-19/h6-8,17H,5H2,1-4H3/t17-,18-,19+/m0/s1. The van der Waals surface area contributed by atoms with Crippen LogP contribution in [0.15, 0.2) is 29.5 Å². The summed E-state index contributed by atoms with van der Waals surface area (Å²) in [7, 11) is 2.73. The highest BCUT2D eigenvalue weighted by Crippen LogP contribution is 2.65. The summed E-state index contributed by atoms with van der Waals surface area (Å²) < 4.78 is 22.1. The second-order valence-corrected chi connectivity index (χ2v) is 6.43. The molecule has 3 aliphatic rings. The van der Waals surface area contributed by atoms with Crippen LogP contribution < -0.4 is 4.74 Å². The maximum Gasteiger partial charge on any atom is 0.229 e. The number of hydrogen-bond donors (Lipinski definition) is 0. The highest BCUT2D eigenvalue weighted by atomic mass is 16.7. The SMILES string of the molecule is CCOC1=C(C)C(=O)[C@H](OC)[C@@]23O[C@@]12C(=O)c1cccc(OC)c1C3=O. The number of Topliss-reactive ketones (excluding diaryl/α,β-unsaturated/α-hetero) is 3. The van der Waals surface area contributed by atoms with Gasteiger partial charge in [0.25, 0.3) is 0 Å². The van der Waals surface area contributed by atoms with Crippen molar-refractivity contribution < 1.29 is 33.3 Å². The smallest absolute Gasteiger partial charge is 0.229 e. The monoisotopic (exact) mass is 358 g/mol. The van der Waals surface area contributed by atoms with Crippen molar-refractivity contribution in [1.82, 2.24) is 0 Å². The van der Waals surface area contributed by atoms with Crippen LogP contribution in [0.5, 0.6) is 5.75 Å². The van der Waals surface area contributed by atoms with Gasteiger partial charge in [-0.1, -0.05) is 12.1 Å². The molecule has 0 radical (unpaired) electrons. The average molecular weight is 358 g/mol. The zero-order valence-corrected chi connectivity index (χ0v) is 14.9. The van der Waals surface area contributed by atoms with Gasteiger partial charge in [0, 0.05) is 18.2 Å². The van der Waals surface area contributed by atoms with Crippen molar-refractivity contribution in [2.24, 2.45) is 0 Å². The molecule has 0 unspecified atom stereocenters. The fraction of sp³-hybridized carbons (Fsp3) is 0.421. The Morgan fingerprint density at radius 1 is 1.15 bits per heavy atom. The Hall–Kier alpha value is -2.51. The Morgan fingerprint density at radius 2 is 1.88 bits per heavy atom. The quantitative estimate of drug-likeness (QED) is 0.753. The highest BCUT2D eigenvalue weighted by Gasteiger charge is 2.89. The van der Waals surface area contributed by atoms with Gasteiger partial charge in [-0.05, 0) is 19.9 Å². The minimum atomic E-state index is -1.75. The molecule has 2 aliphatic carbocycles. The Balaban J connectivity index is 2.05. The Morgan fingerprint density at radius 3 is 2.50 bits per heavy atom. The molecule has 0 aromatic heterocycles. The Labute approximate surface area is 149 Å². The summed E-state index contributed by atoms with van der Waals surface area (Å²) in [5.74, 6) is -1.00. The molecule has 1 saturated heterocycles. The number of benzene rings is 1. The summed E-state index contributed by atoms with van der Waals surface area (Å²) in [6, 6.07) is 4.77. The van der Waals surface area contributed by atoms with Crippen LogP contribution in [-0.4, -0.2) is 55.5 Å². The predicted molar refractivity (Wildman–Crippen MR) is 88.3 cm³/mol. The van der Waals surface area contributed by atoms with Crippen molar-refractivity contribution in [3.63, 3.8) is 0 Å². The summed E-state index contributed by atoms with van der Waals surface area (Å²) in [5.41, 5.74) is -2.87. The Kier molecular flexibility index (Phi) is 3.42. The predicted octanol–water partition coefficient (Wildman–Crippen LogP) is 1.49. The highest BCUT2D eigenvalue weighted by molar-refractivity contribution is 6.31. The molecule has 7 heteroatoms. The van der Waals surface area contributed by atoms with Gasteiger partial charge in [-0.3, -0.25) is 14.4 Å². The molecule has 3 atom stereocenters. The first-order valence-corrected chi connectivity index (χ1v) is 8.30. The first kappa shape index (κ1) is 16.9. The molecule has 136 valence electrons. The van der Waals surface area contributed by atoms with Crippen LogP contribution >= 0.6 is 0 Å². The van der Waals surface area contributed by atoms with Gasteiger partial charge in [0.15, 0.2) is 11.9 Å². The van der Waals surface area contributed by atoms with Gasteiger partial charge in [-0.25, -0.2) is 0 Å². The average Bonchev–Trinajstić information content (AvgIpc) is 3.36. The third-order valence-electron chi connectivity index (χ3n) is 5.33. The minimum absolute atomic E-state index is 0.102. The molecule has 1 aromatic rings. The van der Waals surface area contributed by atoms with Gasteiger partial charge in [0.05, 0.1) is 19.3 Å². The first-order chi connectivity index (χ1) is 12.4. The molecule has 7 nitrogen and oxygen atoms in total. The van der Waals surface area contributed by atoms with Gasteiger partial charge < -0.3 is 18.9 Å². The molecule has 0 amide bonds. The fourth-order valence-electron chi connectivity index (χ4n) is 4.20. The van der Waals surface area contributed by atoms with E-state index in [0.717, 1.165) is 0 Å². The van der Waals surface area contributed by atoms with Crippen LogP contribution in [0.25, 0.3) is 0 Å². The van der Waals surface area contributed by atoms with Crippen molar-refractivity contribution in [2.45, 2.75) is 31.2 Å². The molecule has 1 heterocycles. The topological polar surface area (TPSA) is 91.4 Å². The molecule has 0 N–H and O–H groups in total. The third-order valence-corrected chi connectivity index (χ3v) is 5.33. The number of epoxide rings is 1. The lowest BCUT2D eigenvalue weighted by Gasteiger charge is -2.34. The lowest BCUT2D eigenvalue weighted by molar-refractivity contribution is -0.128. The first-order valence-electron chi connectivity index (χ1n) is 8.30. The second kappa shape index (κ2) is 5.25. The van der Waals surface area contributed by atoms with Crippen LogP contribution in [0.2, 0.25) is 0 Å². The zero-order chi connectivity index (χ0) is 18.9. The third kappa shape index (κ3) is 1.58. The summed E-state index contributed by atoms with van der Waals surface area (Å²) in [6.45, 7) is 3.52. The second-order valence-electron chi connectivity index (χ2n) is 6.43. The molecule has 0 bridgehead atoms. The van der Waals surface area contributed by atoms with Gasteiger partial charge in [-0.15, -0.1) is 0 Å². The summed E-state index contributed by atoms with van der Waals surface area (Å²) in [5, 5.41) is 0. The summed E-state index contributed by atoms with van der Waals surface area (Å²) >= 11 is 0. The van der Waals surface area contributed by atoms with E-state index in [1.807, 2.05) is 0 Å². The normalized spacial score (nSPS) is 32.0. The van der Waals surface area contributed by atoms with Crippen molar-refractivity contribution in [1.29, 1.82) is 0 Å². The van der Waals surface area contributed by atoms with Crippen LogP contribution in [0, 0.1) is 0 Å². The number of carbonyl (C=O) groups excluding carboxylic acids is 3. The van der Waals surface area contributed by atoms with E-state index in [4.69, 9.17) is 18.9 Å². The summed E-state index contributed by atoms with van der Waals surface area (Å²) in [4.78, 5) is 39.7. The van der Waals surface area contributed by atoms with E-state index < -0.39 is 34.7 Å². The molecular weight excluding hydrogens is 340 g/mol. The number of rotatable bonds is 4. The fourth-order valence-corrected chi connectivity index (χ4v) is 4.20. The van der Waals surface area contributed by atoms with Crippen molar-refractivity contribution in [3.8, 4) is 5.75 Å². The van der Waals surface area contributed by atoms with E-state index in [0.29, 0.717) is 0 Å². The van der Waals surface area contributed by atoms with Crippen molar-refractivity contribution in [2.75, 3.05) is 20.8 Å². The van der Waals surface area contributed by atoms with Crippen LogP contribution in [0.1, 0.15) is 34.6 Å². The lowest BCUT2D eigenvalue weighted by atomic mass is 9.66. The molecular formula is C19H18O7. The van der Waals surface area contributed by atoms with Gasteiger partial charge >= 0.3 is 0 Å². The maximum atomic E-state index is 13.4. The van der Waals surface area contributed by atoms with E-state index in [-0.39, 0.29) is 34.8 Å². The van der Waals surface area contributed by atoms with Crippen molar-refractivity contribution in [3.05, 3.63) is 40.7 Å². The Bertz CT molecular complexity index is 899. The molecule has 4 rings (SSSR count). The van der Waals surface area contributed by atoms with Gasteiger partial charge in [-0.2, -0.15) is 0 Å². The molecule has 1 aliphatic heterocycles. The van der Waals surface area contributed by atoms with Crippen LogP contribution in [0.3, 0.4) is 0 Å². The number of ether oxygens (including phenoxy) is 4. The van der Waals surface area contributed by atoms with Crippen molar-refractivity contribution >= 4 is 17.3 Å². The van der Waals surface area contributed by atoms with Crippen LogP contribution in [0.4, 0.5) is 0 Å². The van der Waals surface area contributed by atoms with E-state index in [1.54, 1.807) is 32.0 Å². The number of fused-ring (bicyclic) bond motifs is 1. The zero-order valence-electron chi connectivity index (χ0n) is 14.9. The molecule has 26 heavy (non-hydrogen) atoms. The molecule has 1 fully saturated rings. The van der Waals surface area contributed by atoms with Gasteiger partial charge in [0.1, 0.15) is 11.5 Å². The van der Waals surface area contributed by atoms with E-state index in [1.165, 1.54) is 14.2 Å². The summed E-state index contributed by atoms with van der Waals surface area (Å²) in [6.07, 6.45) is -1.22. The number of ketones is 3. The van der Waals surface area contributed by atoms with E-state index >= 15 is 0 Å². The largest absolute Gasteiger partial charge is 0.496 e. The molecule has 0 saturated carbocycles. The number of hydrogen-bond acceptors (Lipinski definition) is 7. The molecule has 1 aromatic carbocycles. The van der Waals surface area contributed by atoms with Crippen LogP contribution in [-0.2, 0) is 19.0 Å². The van der Waals surface area contributed by atoms with E-state index in [2.05, 4.69) is 0 Å². The minimum Gasteiger partial charge on any atom is -0.496 e. The number of methoxy groups -OCH3 is 2. The number of carbonyl (C=O) groups is 3.